The molecule has 4 heteroatoms. The second-order valence-electron chi connectivity index (χ2n) is 8.73. The van der Waals surface area contributed by atoms with E-state index in [1.165, 1.54) is 41.8 Å². The van der Waals surface area contributed by atoms with E-state index in [1.807, 2.05) is 24.4 Å². The number of piperidine rings is 1. The first kappa shape index (κ1) is 17.7. The van der Waals surface area contributed by atoms with Crippen LogP contribution in [-0.4, -0.2) is 33.4 Å². The molecule has 1 aromatic heterocycles. The Morgan fingerprint density at radius 1 is 1.11 bits per heavy atom. The van der Waals surface area contributed by atoms with E-state index in [4.69, 9.17) is 0 Å². The molecule has 0 unspecified atom stereocenters. The maximum absolute atomic E-state index is 13.1. The van der Waals surface area contributed by atoms with Crippen molar-refractivity contribution in [2.75, 3.05) is 13.1 Å². The van der Waals surface area contributed by atoms with E-state index in [2.05, 4.69) is 39.7 Å². The SMILES string of the molecule is CC1=C(c2ccccc2)[C@H]1C(=O)N1CCC(c2nccn2CC2CCC2)CC1. The van der Waals surface area contributed by atoms with Crippen molar-refractivity contribution in [3.05, 3.63) is 59.7 Å². The van der Waals surface area contributed by atoms with Gasteiger partial charge in [0, 0.05) is 37.9 Å². The third kappa shape index (κ3) is 3.19. The Kier molecular flexibility index (Phi) is 4.58. The lowest BCUT2D eigenvalue weighted by Crippen LogP contribution is -2.40. The number of benzene rings is 1. The molecule has 5 rings (SSSR count). The van der Waals surface area contributed by atoms with Gasteiger partial charge in [-0.05, 0) is 49.7 Å². The van der Waals surface area contributed by atoms with E-state index in [0.717, 1.165) is 38.4 Å². The molecule has 28 heavy (non-hydrogen) atoms. The summed E-state index contributed by atoms with van der Waals surface area (Å²) in [6.07, 6.45) is 10.3. The van der Waals surface area contributed by atoms with Gasteiger partial charge in [-0.1, -0.05) is 42.3 Å². The van der Waals surface area contributed by atoms with Crippen molar-refractivity contribution in [3.8, 4) is 0 Å². The Labute approximate surface area is 167 Å². The summed E-state index contributed by atoms with van der Waals surface area (Å²) in [5.41, 5.74) is 3.68. The molecule has 1 atom stereocenters. The van der Waals surface area contributed by atoms with Crippen molar-refractivity contribution >= 4 is 11.5 Å². The first-order valence-electron chi connectivity index (χ1n) is 10.8. The van der Waals surface area contributed by atoms with Crippen LogP contribution in [0.5, 0.6) is 0 Å². The van der Waals surface area contributed by atoms with Crippen LogP contribution < -0.4 is 0 Å². The van der Waals surface area contributed by atoms with Crippen LogP contribution in [0.25, 0.3) is 5.57 Å². The molecule has 146 valence electrons. The number of amides is 1. The first-order valence-corrected chi connectivity index (χ1v) is 10.8. The Morgan fingerprint density at radius 3 is 2.54 bits per heavy atom. The molecular weight excluding hydrogens is 346 g/mol. The number of rotatable bonds is 5. The van der Waals surface area contributed by atoms with Gasteiger partial charge >= 0.3 is 0 Å². The smallest absolute Gasteiger partial charge is 0.234 e. The highest BCUT2D eigenvalue weighted by atomic mass is 16.2. The number of nitrogens with zero attached hydrogens (tertiary/aromatic N) is 3. The average molecular weight is 376 g/mol. The molecule has 2 heterocycles. The first-order chi connectivity index (χ1) is 13.7. The maximum atomic E-state index is 13.1. The average Bonchev–Trinajstić information content (AvgIpc) is 3.15. The van der Waals surface area contributed by atoms with Gasteiger partial charge in [0.15, 0.2) is 0 Å². The molecule has 0 N–H and O–H groups in total. The lowest BCUT2D eigenvalue weighted by Gasteiger charge is -2.33. The molecule has 2 aromatic rings. The summed E-state index contributed by atoms with van der Waals surface area (Å²) in [6, 6.07) is 10.3. The van der Waals surface area contributed by atoms with E-state index in [9.17, 15) is 4.79 Å². The fourth-order valence-corrected chi connectivity index (χ4v) is 4.98. The van der Waals surface area contributed by atoms with Crippen LogP contribution in [0.1, 0.15) is 56.3 Å². The number of hydrogen-bond donors (Lipinski definition) is 0. The van der Waals surface area contributed by atoms with Gasteiger partial charge in [-0.25, -0.2) is 4.98 Å². The number of imidazole rings is 1. The van der Waals surface area contributed by atoms with E-state index in [1.54, 1.807) is 0 Å². The van der Waals surface area contributed by atoms with Gasteiger partial charge in [0.1, 0.15) is 5.82 Å². The molecule has 3 aliphatic rings. The zero-order valence-corrected chi connectivity index (χ0v) is 16.7. The summed E-state index contributed by atoms with van der Waals surface area (Å²) in [4.78, 5) is 19.8. The van der Waals surface area contributed by atoms with Crippen LogP contribution in [0, 0.1) is 11.8 Å². The predicted octanol–water partition coefficient (Wildman–Crippen LogP) is 4.49. The zero-order valence-electron chi connectivity index (χ0n) is 16.7. The van der Waals surface area contributed by atoms with Gasteiger partial charge in [-0.3, -0.25) is 4.79 Å². The second kappa shape index (κ2) is 7.23. The zero-order chi connectivity index (χ0) is 19.1. The van der Waals surface area contributed by atoms with Crippen molar-refractivity contribution in [1.29, 1.82) is 0 Å². The van der Waals surface area contributed by atoms with Crippen molar-refractivity contribution in [2.45, 2.75) is 51.5 Å². The Morgan fingerprint density at radius 2 is 1.86 bits per heavy atom. The lowest BCUT2D eigenvalue weighted by atomic mass is 9.85. The van der Waals surface area contributed by atoms with Crippen molar-refractivity contribution in [1.82, 2.24) is 14.5 Å². The number of aromatic nitrogens is 2. The Hall–Kier alpha value is -2.36. The topological polar surface area (TPSA) is 38.1 Å². The third-order valence-corrected chi connectivity index (χ3v) is 6.99. The minimum atomic E-state index is 0.0135. The summed E-state index contributed by atoms with van der Waals surface area (Å²) in [6.45, 7) is 4.94. The van der Waals surface area contributed by atoms with E-state index in [0.29, 0.717) is 11.8 Å². The predicted molar refractivity (Wildman–Crippen MR) is 111 cm³/mol. The second-order valence-corrected chi connectivity index (χ2v) is 8.73. The number of carbonyl (C=O) groups excluding carboxylic acids is 1. The van der Waals surface area contributed by atoms with Crippen LogP contribution in [0.3, 0.4) is 0 Å². The number of likely N-dealkylation sites (tertiary alicyclic amines) is 1. The van der Waals surface area contributed by atoms with Crippen molar-refractivity contribution in [3.63, 3.8) is 0 Å². The van der Waals surface area contributed by atoms with Gasteiger partial charge in [0.05, 0.1) is 5.92 Å². The molecule has 0 radical (unpaired) electrons. The standard InChI is InChI=1S/C24H29N3O/c1-17-21(19-8-3-2-4-9-19)22(17)24(28)26-13-10-20(11-14-26)23-25-12-15-27(23)16-18-6-5-7-18/h2-4,8-9,12,15,18,20,22H,5-7,10-11,13-14,16H2,1H3/t22-/m0/s1. The van der Waals surface area contributed by atoms with E-state index < -0.39 is 0 Å². The molecule has 1 saturated carbocycles. The Bertz CT molecular complexity index is 886. The van der Waals surface area contributed by atoms with Gasteiger partial charge in [0.2, 0.25) is 5.91 Å². The van der Waals surface area contributed by atoms with Crippen LogP contribution in [-0.2, 0) is 11.3 Å². The maximum Gasteiger partial charge on any atom is 0.234 e. The molecule has 4 nitrogen and oxygen atoms in total. The molecule has 1 aliphatic heterocycles. The number of carbonyl (C=O) groups is 1. The minimum Gasteiger partial charge on any atom is -0.342 e. The lowest BCUT2D eigenvalue weighted by molar-refractivity contribution is -0.132. The van der Waals surface area contributed by atoms with Gasteiger partial charge in [-0.2, -0.15) is 0 Å². The van der Waals surface area contributed by atoms with Crippen molar-refractivity contribution < 1.29 is 4.79 Å². The number of hydrogen-bond acceptors (Lipinski definition) is 2. The van der Waals surface area contributed by atoms with E-state index in [-0.39, 0.29) is 5.92 Å². The summed E-state index contributed by atoms with van der Waals surface area (Å²) < 4.78 is 2.38. The largest absolute Gasteiger partial charge is 0.342 e. The molecule has 0 bridgehead atoms. The molecule has 1 amide bonds. The van der Waals surface area contributed by atoms with Gasteiger partial charge < -0.3 is 9.47 Å². The van der Waals surface area contributed by atoms with Crippen LogP contribution in [0.2, 0.25) is 0 Å². The van der Waals surface area contributed by atoms with Crippen LogP contribution in [0.15, 0.2) is 48.3 Å². The Balaban J connectivity index is 1.19. The minimum absolute atomic E-state index is 0.0135. The molecule has 0 spiro atoms. The fraction of sp³-hybridized carbons (Fsp3) is 0.500. The highest BCUT2D eigenvalue weighted by Gasteiger charge is 2.42. The molecule has 1 aromatic carbocycles. The quantitative estimate of drug-likeness (QED) is 0.772. The van der Waals surface area contributed by atoms with Crippen LogP contribution in [0.4, 0.5) is 0 Å². The summed E-state index contributed by atoms with van der Waals surface area (Å²) in [7, 11) is 0. The van der Waals surface area contributed by atoms with Gasteiger partial charge in [0.25, 0.3) is 0 Å². The van der Waals surface area contributed by atoms with Crippen molar-refractivity contribution in [2.24, 2.45) is 11.8 Å². The normalized spacial score (nSPS) is 23.0. The van der Waals surface area contributed by atoms with E-state index >= 15 is 0 Å². The molecular formula is C24H29N3O. The highest BCUT2D eigenvalue weighted by molar-refractivity contribution is 6.05. The summed E-state index contributed by atoms with van der Waals surface area (Å²) in [5.74, 6) is 2.88. The van der Waals surface area contributed by atoms with Crippen LogP contribution >= 0.6 is 0 Å². The molecule has 2 fully saturated rings. The molecule has 2 aliphatic carbocycles. The summed E-state index contributed by atoms with van der Waals surface area (Å²) >= 11 is 0. The van der Waals surface area contributed by atoms with Gasteiger partial charge in [-0.15, -0.1) is 0 Å². The fourth-order valence-electron chi connectivity index (χ4n) is 4.98. The molecule has 1 saturated heterocycles. The summed E-state index contributed by atoms with van der Waals surface area (Å²) in [5, 5.41) is 0. The monoisotopic (exact) mass is 375 g/mol. The third-order valence-electron chi connectivity index (χ3n) is 6.99. The highest BCUT2D eigenvalue weighted by Crippen LogP contribution is 2.48.